The second kappa shape index (κ2) is 12.3. The lowest BCUT2D eigenvalue weighted by atomic mass is 10.0. The molecule has 1 amide bonds. The molecule has 3 aromatic rings. The van der Waals surface area contributed by atoms with E-state index in [1.807, 2.05) is 11.8 Å². The minimum Gasteiger partial charge on any atom is -0.477 e. The number of H-pyrrole nitrogens is 1. The number of carboxylic acid groups (broad SMARTS) is 1. The number of aryl methyl sites for hydroxylation is 1. The number of ether oxygens (including phenoxy) is 2. The number of aromatic nitrogens is 4. The van der Waals surface area contributed by atoms with Crippen molar-refractivity contribution >= 4 is 57.4 Å². The molecule has 2 aliphatic rings. The van der Waals surface area contributed by atoms with Crippen LogP contribution in [0.3, 0.4) is 0 Å². The number of carbonyl (C=O) groups excluding carboxylic acids is 1. The maximum absolute atomic E-state index is 13.0. The Bertz CT molecular complexity index is 1380. The number of hydrogen-bond acceptors (Lipinski definition) is 10. The molecule has 0 aliphatic carbocycles. The predicted molar refractivity (Wildman–Crippen MR) is 152 cm³/mol. The Labute approximate surface area is 244 Å². The van der Waals surface area contributed by atoms with Crippen molar-refractivity contribution in [3.05, 3.63) is 38.7 Å². The van der Waals surface area contributed by atoms with Crippen LogP contribution in [0.15, 0.2) is 12.4 Å². The molecule has 5 rings (SSSR count). The van der Waals surface area contributed by atoms with Gasteiger partial charge in [0, 0.05) is 38.5 Å². The van der Waals surface area contributed by atoms with Gasteiger partial charge in [-0.25, -0.2) is 19.7 Å². The highest BCUT2D eigenvalue weighted by atomic mass is 35.5. The van der Waals surface area contributed by atoms with Gasteiger partial charge in [0.1, 0.15) is 27.8 Å². The summed E-state index contributed by atoms with van der Waals surface area (Å²) in [6.07, 6.45) is 3.38. The number of nitrogens with one attached hydrogen (secondary N) is 2. The van der Waals surface area contributed by atoms with E-state index in [-0.39, 0.29) is 39.3 Å². The van der Waals surface area contributed by atoms with Gasteiger partial charge in [-0.1, -0.05) is 34.5 Å². The number of thiazole rings is 1. The predicted octanol–water partition coefficient (Wildman–Crippen LogP) is 3.49. The molecule has 214 valence electrons. The second-order valence-corrected chi connectivity index (χ2v) is 11.1. The van der Waals surface area contributed by atoms with Crippen molar-refractivity contribution in [3.63, 3.8) is 0 Å². The third-order valence-corrected chi connectivity index (χ3v) is 8.89. The summed E-state index contributed by atoms with van der Waals surface area (Å²) in [6, 6.07) is -0.292. The number of aromatic amines is 1. The number of piperidine rings is 1. The lowest BCUT2D eigenvalue weighted by molar-refractivity contribution is 0.0272. The average molecular weight is 611 g/mol. The van der Waals surface area contributed by atoms with Gasteiger partial charge in [0.25, 0.3) is 5.91 Å². The Morgan fingerprint density at radius 1 is 1.20 bits per heavy atom. The van der Waals surface area contributed by atoms with Crippen LogP contribution in [0.4, 0.5) is 10.9 Å². The summed E-state index contributed by atoms with van der Waals surface area (Å²) >= 11 is 13.5. The number of halogens is 2. The Balaban J connectivity index is 1.32. The fraction of sp³-hybridized carbons (Fsp3) is 0.480. The Morgan fingerprint density at radius 3 is 2.60 bits per heavy atom. The first-order chi connectivity index (χ1) is 19.3. The molecule has 0 unspecified atom stereocenters. The van der Waals surface area contributed by atoms with Gasteiger partial charge in [-0.05, 0) is 20.3 Å². The minimum atomic E-state index is -1.09. The van der Waals surface area contributed by atoms with Crippen molar-refractivity contribution in [2.45, 2.75) is 32.4 Å². The van der Waals surface area contributed by atoms with Crippen molar-refractivity contribution < 1.29 is 24.2 Å². The number of amides is 1. The Hall–Kier alpha value is -2.97. The molecule has 0 saturated carbocycles. The number of aromatic carboxylic acids is 1. The third kappa shape index (κ3) is 5.88. The summed E-state index contributed by atoms with van der Waals surface area (Å²) in [4.78, 5) is 45.8. The van der Waals surface area contributed by atoms with E-state index in [4.69, 9.17) is 32.7 Å². The number of carbonyl (C=O) groups is 2. The van der Waals surface area contributed by atoms with Crippen molar-refractivity contribution in [1.82, 2.24) is 25.3 Å². The fourth-order valence-corrected chi connectivity index (χ4v) is 6.13. The number of carboxylic acids is 1. The van der Waals surface area contributed by atoms with Crippen molar-refractivity contribution in [2.75, 3.05) is 55.8 Å². The van der Waals surface area contributed by atoms with Crippen LogP contribution >= 0.6 is 34.5 Å². The monoisotopic (exact) mass is 609 g/mol. The van der Waals surface area contributed by atoms with Gasteiger partial charge in [-0.3, -0.25) is 4.79 Å². The third-order valence-electron chi connectivity index (χ3n) is 6.83. The van der Waals surface area contributed by atoms with Gasteiger partial charge < -0.3 is 34.7 Å². The van der Waals surface area contributed by atoms with Crippen LogP contribution < -0.4 is 15.1 Å². The quantitative estimate of drug-likeness (QED) is 0.347. The largest absolute Gasteiger partial charge is 0.477 e. The first-order valence-corrected chi connectivity index (χ1v) is 14.4. The fourth-order valence-electron chi connectivity index (χ4n) is 4.77. The van der Waals surface area contributed by atoms with Gasteiger partial charge in [-0.2, -0.15) is 0 Å². The van der Waals surface area contributed by atoms with E-state index in [2.05, 4.69) is 30.2 Å². The molecule has 40 heavy (non-hydrogen) atoms. The van der Waals surface area contributed by atoms with Gasteiger partial charge in [0.2, 0.25) is 0 Å². The zero-order chi connectivity index (χ0) is 28.4. The first kappa shape index (κ1) is 28.6. The number of anilines is 2. The minimum absolute atomic E-state index is 0.0837. The van der Waals surface area contributed by atoms with Gasteiger partial charge in [0.15, 0.2) is 5.13 Å². The summed E-state index contributed by atoms with van der Waals surface area (Å²) < 4.78 is 11.4. The lowest BCUT2D eigenvalue weighted by Gasteiger charge is -2.38. The van der Waals surface area contributed by atoms with E-state index in [0.717, 1.165) is 24.4 Å². The van der Waals surface area contributed by atoms with E-state index in [9.17, 15) is 14.7 Å². The summed E-state index contributed by atoms with van der Waals surface area (Å²) in [6.45, 7) is 7.68. The highest BCUT2D eigenvalue weighted by Crippen LogP contribution is 2.35. The van der Waals surface area contributed by atoms with E-state index >= 15 is 0 Å². The second-order valence-electron chi connectivity index (χ2n) is 9.40. The van der Waals surface area contributed by atoms with Gasteiger partial charge >= 0.3 is 5.97 Å². The maximum atomic E-state index is 13.0. The molecular formula is C25H29Cl2N7O5S. The Kier molecular flexibility index (Phi) is 8.76. The topological polar surface area (TPSA) is 146 Å². The molecule has 3 aromatic heterocycles. The molecule has 2 atom stereocenters. The number of nitrogens with zero attached hydrogens (tertiary/aromatic N) is 5. The molecule has 5 heterocycles. The normalized spacial score (nSPS) is 19.6. The SMILES string of the molecule is CCO[C@H]1CN(c2nc(-c3cnc(N4CCOCC4)cn3)c(C(=O)O)s2)CC[C@H]1NC(=O)c1[nH]c(C)c(Cl)c1Cl. The molecule has 0 radical (unpaired) electrons. The molecule has 2 aliphatic heterocycles. The number of morpholine rings is 1. The van der Waals surface area contributed by atoms with Crippen molar-refractivity contribution in [1.29, 1.82) is 0 Å². The molecule has 15 heteroatoms. The summed E-state index contributed by atoms with van der Waals surface area (Å²) in [5.74, 6) is -0.744. The molecule has 12 nitrogen and oxygen atoms in total. The van der Waals surface area contributed by atoms with Crippen LogP contribution in [-0.4, -0.2) is 95.1 Å². The average Bonchev–Trinajstić information content (AvgIpc) is 3.52. The molecular weight excluding hydrogens is 581 g/mol. The van der Waals surface area contributed by atoms with Crippen LogP contribution in [-0.2, 0) is 9.47 Å². The molecule has 2 fully saturated rings. The molecule has 0 aromatic carbocycles. The van der Waals surface area contributed by atoms with Crippen molar-refractivity contribution in [3.8, 4) is 11.4 Å². The highest BCUT2D eigenvalue weighted by molar-refractivity contribution is 7.17. The Morgan fingerprint density at radius 2 is 1.98 bits per heavy atom. The van der Waals surface area contributed by atoms with Gasteiger partial charge in [0.05, 0.1) is 47.8 Å². The van der Waals surface area contributed by atoms with E-state index in [1.54, 1.807) is 19.3 Å². The lowest BCUT2D eigenvalue weighted by Crippen LogP contribution is -2.55. The zero-order valence-corrected chi connectivity index (χ0v) is 24.3. The summed E-state index contributed by atoms with van der Waals surface area (Å²) in [5, 5.41) is 14.0. The molecule has 3 N–H and O–H groups in total. The van der Waals surface area contributed by atoms with E-state index in [0.29, 0.717) is 66.7 Å². The highest BCUT2D eigenvalue weighted by Gasteiger charge is 2.34. The first-order valence-electron chi connectivity index (χ1n) is 12.9. The van der Waals surface area contributed by atoms with E-state index in [1.165, 1.54) is 0 Å². The van der Waals surface area contributed by atoms with Crippen LogP contribution in [0.2, 0.25) is 10.0 Å². The smallest absolute Gasteiger partial charge is 0.348 e. The van der Waals surface area contributed by atoms with E-state index < -0.39 is 5.97 Å². The van der Waals surface area contributed by atoms with Crippen molar-refractivity contribution in [2.24, 2.45) is 0 Å². The summed E-state index contributed by atoms with van der Waals surface area (Å²) in [5.41, 5.74) is 1.48. The number of hydrogen-bond donors (Lipinski definition) is 3. The van der Waals surface area contributed by atoms with Gasteiger partial charge in [-0.15, -0.1) is 0 Å². The molecule has 2 saturated heterocycles. The van der Waals surface area contributed by atoms with Crippen LogP contribution in [0.1, 0.15) is 39.2 Å². The number of rotatable bonds is 8. The van der Waals surface area contributed by atoms with Crippen LogP contribution in [0, 0.1) is 6.92 Å². The summed E-state index contributed by atoms with van der Waals surface area (Å²) in [7, 11) is 0. The standard InChI is InChI=1S/C25H29Cl2N7O5S/c1-3-39-16-12-34(5-4-14(16)31-23(35)21-19(27)18(26)13(2)30-21)25-32-20(22(40-25)24(36)37)15-10-29-17(11-28-15)33-6-8-38-9-7-33/h10-11,14,16,30H,3-9,12H2,1-2H3,(H,31,35)(H,36,37)/t14-,16+/m1/s1. The maximum Gasteiger partial charge on any atom is 0.348 e. The van der Waals surface area contributed by atoms with Crippen LogP contribution in [0.5, 0.6) is 0 Å². The molecule has 0 spiro atoms. The zero-order valence-electron chi connectivity index (χ0n) is 21.9. The molecule has 0 bridgehead atoms. The van der Waals surface area contributed by atoms with Crippen LogP contribution in [0.25, 0.3) is 11.4 Å².